The molecule has 1 aromatic rings. The van der Waals surface area contributed by atoms with Crippen molar-refractivity contribution in [2.24, 2.45) is 0 Å². The molecule has 0 heterocycles. The Balaban J connectivity index is 3.24. The topological polar surface area (TPSA) is 9.23 Å². The smallest absolute Gasteiger partial charge is 0.258 e. The largest absolute Gasteiger partial charge is 0.454 e. The van der Waals surface area contributed by atoms with Gasteiger partial charge >= 0.3 is 0 Å². The molecule has 0 aliphatic rings. The highest BCUT2D eigenvalue weighted by Gasteiger charge is 2.13. The van der Waals surface area contributed by atoms with Crippen LogP contribution in [0.2, 0.25) is 20.1 Å². The van der Waals surface area contributed by atoms with Gasteiger partial charge in [0.15, 0.2) is 0 Å². The Morgan fingerprint density at radius 3 is 2.23 bits per heavy atom. The van der Waals surface area contributed by atoms with Gasteiger partial charge in [-0.1, -0.05) is 46.4 Å². The highest BCUT2D eigenvalue weighted by Crippen LogP contribution is 2.33. The van der Waals surface area contributed by atoms with Gasteiger partial charge in [-0.2, -0.15) is 0 Å². The lowest BCUT2D eigenvalue weighted by Crippen LogP contribution is -2.18. The highest BCUT2D eigenvalue weighted by molar-refractivity contribution is 6.61. The molecule has 1 rings (SSSR count). The van der Waals surface area contributed by atoms with Gasteiger partial charge in [0.2, 0.25) is 10.5 Å². The van der Waals surface area contributed by atoms with Crippen LogP contribution in [0, 0.1) is 0 Å². The van der Waals surface area contributed by atoms with E-state index in [1.54, 1.807) is 6.07 Å². The van der Waals surface area contributed by atoms with Crippen molar-refractivity contribution in [2.45, 2.75) is 0 Å². The van der Waals surface area contributed by atoms with Crippen LogP contribution in [-0.4, -0.2) is 20.2 Å². The molecule has 1 nitrogen and oxygen atoms in total. The van der Waals surface area contributed by atoms with Crippen LogP contribution in [0.5, 0.6) is 0 Å². The third-order valence-corrected chi connectivity index (χ3v) is 4.20. The first-order valence-corrected chi connectivity index (χ1v) is 5.82. The number of halogens is 4. The number of benzene rings is 1. The molecule has 0 fully saturated rings. The van der Waals surface area contributed by atoms with Gasteiger partial charge in [-0.25, -0.2) is 0 Å². The lowest BCUT2D eigenvalue weighted by atomic mass is 10.3. The standard InChI is InChI=1S/C6HCl4OSi2/c7-2-1-3(13-11-12)5(9)6(10)4(2)8/h1H. The van der Waals surface area contributed by atoms with E-state index in [-0.39, 0.29) is 19.8 Å². The summed E-state index contributed by atoms with van der Waals surface area (Å²) in [4.78, 5) is 0. The van der Waals surface area contributed by atoms with Crippen molar-refractivity contribution >= 4 is 71.8 Å². The molecule has 0 unspecified atom stereocenters. The van der Waals surface area contributed by atoms with Gasteiger partial charge in [-0.05, 0) is 11.3 Å². The van der Waals surface area contributed by atoms with E-state index in [2.05, 4.69) is 10.5 Å². The van der Waals surface area contributed by atoms with Gasteiger partial charge in [0.1, 0.15) is 0 Å². The van der Waals surface area contributed by atoms with E-state index in [0.29, 0.717) is 15.2 Å². The van der Waals surface area contributed by atoms with E-state index in [4.69, 9.17) is 50.5 Å². The first kappa shape index (κ1) is 11.8. The lowest BCUT2D eigenvalue weighted by Gasteiger charge is -2.06. The third kappa shape index (κ3) is 2.62. The van der Waals surface area contributed by atoms with Crippen molar-refractivity contribution in [3.05, 3.63) is 26.2 Å². The fourth-order valence-corrected chi connectivity index (χ4v) is 2.65. The fourth-order valence-electron chi connectivity index (χ4n) is 0.702. The van der Waals surface area contributed by atoms with Crippen LogP contribution in [-0.2, 0) is 4.12 Å². The van der Waals surface area contributed by atoms with Crippen LogP contribution in [0.1, 0.15) is 0 Å². The summed E-state index contributed by atoms with van der Waals surface area (Å²) in [5.41, 5.74) is 0. The van der Waals surface area contributed by atoms with Crippen molar-refractivity contribution in [1.82, 2.24) is 0 Å². The zero-order valence-electron chi connectivity index (χ0n) is 6.00. The molecule has 0 aromatic heterocycles. The Labute approximate surface area is 102 Å². The summed E-state index contributed by atoms with van der Waals surface area (Å²) in [6.45, 7) is 0. The molecule has 0 aliphatic carbocycles. The minimum absolute atomic E-state index is 0.0292. The van der Waals surface area contributed by atoms with Gasteiger partial charge in [0, 0.05) is 0 Å². The average molecular weight is 287 g/mol. The molecule has 0 atom stereocenters. The molecule has 0 N–H and O–H groups in total. The molecule has 0 saturated carbocycles. The number of rotatable bonds is 2. The van der Waals surface area contributed by atoms with Crippen LogP contribution in [0.25, 0.3) is 0 Å². The van der Waals surface area contributed by atoms with Gasteiger partial charge in [0.05, 0.1) is 20.1 Å². The van der Waals surface area contributed by atoms with Crippen molar-refractivity contribution in [3.63, 3.8) is 0 Å². The molecule has 7 heteroatoms. The fraction of sp³-hybridized carbons (Fsp3) is 0. The Bertz CT molecular complexity index is 331. The Kier molecular flexibility index (Phi) is 4.58. The first-order chi connectivity index (χ1) is 6.07. The van der Waals surface area contributed by atoms with Crippen molar-refractivity contribution < 1.29 is 4.12 Å². The van der Waals surface area contributed by atoms with E-state index in [1.165, 1.54) is 0 Å². The van der Waals surface area contributed by atoms with Crippen LogP contribution < -0.4 is 5.19 Å². The molecule has 0 amide bonds. The van der Waals surface area contributed by atoms with Crippen LogP contribution in [0.3, 0.4) is 0 Å². The molecular formula is C6HCl4OSi2. The SMILES string of the molecule is [Si]O[Si]c1cc(Cl)c(Cl)c(Cl)c1Cl. The zero-order valence-corrected chi connectivity index (χ0v) is 11.0. The predicted molar refractivity (Wildman–Crippen MR) is 58.7 cm³/mol. The second-order valence-electron chi connectivity index (χ2n) is 2.05. The van der Waals surface area contributed by atoms with Crippen molar-refractivity contribution in [1.29, 1.82) is 0 Å². The van der Waals surface area contributed by atoms with E-state index in [1.807, 2.05) is 0 Å². The molecule has 0 spiro atoms. The third-order valence-electron chi connectivity index (χ3n) is 1.26. The second-order valence-corrected chi connectivity index (χ2v) is 5.15. The first-order valence-electron chi connectivity index (χ1n) is 2.99. The summed E-state index contributed by atoms with van der Waals surface area (Å²) in [6.07, 6.45) is 0. The van der Waals surface area contributed by atoms with Crippen LogP contribution in [0.15, 0.2) is 6.07 Å². The summed E-state index contributed by atoms with van der Waals surface area (Å²) in [5, 5.41) is 1.95. The Morgan fingerprint density at radius 1 is 1.08 bits per heavy atom. The molecular weight excluding hydrogens is 286 g/mol. The predicted octanol–water partition coefficient (Wildman–Crippen LogP) is 2.64. The highest BCUT2D eigenvalue weighted by atomic mass is 35.5. The molecule has 5 radical (unpaired) electrons. The maximum atomic E-state index is 5.88. The van der Waals surface area contributed by atoms with Gasteiger partial charge in [-0.15, -0.1) is 0 Å². The minimum Gasteiger partial charge on any atom is -0.454 e. The van der Waals surface area contributed by atoms with Crippen molar-refractivity contribution in [2.75, 3.05) is 0 Å². The quantitative estimate of drug-likeness (QED) is 0.461. The summed E-state index contributed by atoms with van der Waals surface area (Å²) < 4.78 is 4.75. The summed E-state index contributed by atoms with van der Waals surface area (Å²) in [6, 6.07) is 1.62. The summed E-state index contributed by atoms with van der Waals surface area (Å²) >= 11 is 23.2. The molecule has 0 saturated heterocycles. The van der Waals surface area contributed by atoms with Gasteiger partial charge in [0.25, 0.3) is 9.76 Å². The number of hydrogen-bond donors (Lipinski definition) is 0. The Morgan fingerprint density at radius 2 is 1.69 bits per heavy atom. The molecule has 0 bridgehead atoms. The van der Waals surface area contributed by atoms with Gasteiger partial charge < -0.3 is 4.12 Å². The maximum Gasteiger partial charge on any atom is 0.258 e. The molecule has 13 heavy (non-hydrogen) atoms. The van der Waals surface area contributed by atoms with Gasteiger partial charge in [-0.3, -0.25) is 0 Å². The summed E-state index contributed by atoms with van der Waals surface area (Å²) in [5.74, 6) is 0. The van der Waals surface area contributed by atoms with E-state index in [9.17, 15) is 0 Å². The maximum absolute atomic E-state index is 5.88. The lowest BCUT2D eigenvalue weighted by molar-refractivity contribution is 0.676. The molecule has 67 valence electrons. The van der Waals surface area contributed by atoms with E-state index < -0.39 is 0 Å². The molecule has 1 aromatic carbocycles. The second kappa shape index (κ2) is 5.02. The summed E-state index contributed by atoms with van der Waals surface area (Å²) in [7, 11) is 2.90. The average Bonchev–Trinajstić information content (AvgIpc) is 2.11. The van der Waals surface area contributed by atoms with E-state index in [0.717, 1.165) is 0 Å². The van der Waals surface area contributed by atoms with Crippen LogP contribution >= 0.6 is 46.4 Å². The monoisotopic (exact) mass is 285 g/mol. The number of hydrogen-bond acceptors (Lipinski definition) is 1. The Hall–Kier alpha value is 0.774. The van der Waals surface area contributed by atoms with Crippen molar-refractivity contribution in [3.8, 4) is 0 Å². The zero-order chi connectivity index (χ0) is 10.0. The normalized spacial score (nSPS) is 10.5. The van der Waals surface area contributed by atoms with Crippen LogP contribution in [0.4, 0.5) is 0 Å². The minimum atomic E-state index is 0.0292. The molecule has 0 aliphatic heterocycles. The van der Waals surface area contributed by atoms with E-state index >= 15 is 0 Å².